The van der Waals surface area contributed by atoms with Crippen LogP contribution in [0.1, 0.15) is 102 Å². The third-order valence-electron chi connectivity index (χ3n) is 10.2. The lowest BCUT2D eigenvalue weighted by molar-refractivity contribution is -0.188. The lowest BCUT2D eigenvalue weighted by Crippen LogP contribution is -2.76. The van der Waals surface area contributed by atoms with Crippen LogP contribution in [0, 0.1) is 5.92 Å². The molecule has 0 amide bonds. The molecule has 3 aliphatic carbocycles. The Balaban J connectivity index is 1.09. The molecular weight excluding hydrogens is 506 g/mol. The molecular formula is C33H45NO6. The minimum Gasteiger partial charge on any atom is -0.477 e. The number of ketones is 1. The first-order valence-corrected chi connectivity index (χ1v) is 15.8. The third-order valence-corrected chi connectivity index (χ3v) is 10.2. The predicted molar refractivity (Wildman–Crippen MR) is 151 cm³/mol. The molecule has 1 N–H and O–H groups in total. The van der Waals surface area contributed by atoms with Crippen LogP contribution in [0.15, 0.2) is 24.3 Å². The molecule has 4 atom stereocenters. The van der Waals surface area contributed by atoms with Gasteiger partial charge in [0, 0.05) is 30.6 Å². The Hall–Kier alpha value is -2.38. The van der Waals surface area contributed by atoms with Crippen LogP contribution in [0.3, 0.4) is 0 Å². The third kappa shape index (κ3) is 4.87. The van der Waals surface area contributed by atoms with E-state index < -0.39 is 23.1 Å². The highest BCUT2D eigenvalue weighted by Crippen LogP contribution is 2.65. The van der Waals surface area contributed by atoms with Crippen LogP contribution in [-0.2, 0) is 26.2 Å². The van der Waals surface area contributed by atoms with Crippen LogP contribution in [0.2, 0.25) is 0 Å². The molecule has 1 saturated heterocycles. The SMILES string of the molecule is CCCCCCCCCC=CC(=O)OCOc1ccc2c3c1O[C@H]1C(=O)CC[C@@]4(O)C(C2)N(CC2CC2)CC[C@]314. The second-order valence-corrected chi connectivity index (χ2v) is 12.7. The number of aliphatic hydroxyl groups is 1. The van der Waals surface area contributed by atoms with E-state index in [1.807, 2.05) is 12.1 Å². The van der Waals surface area contributed by atoms with Gasteiger partial charge in [0.1, 0.15) is 0 Å². The average molecular weight is 552 g/mol. The van der Waals surface area contributed by atoms with Crippen molar-refractivity contribution in [3.05, 3.63) is 35.4 Å². The monoisotopic (exact) mass is 551 g/mol. The first-order chi connectivity index (χ1) is 19.5. The number of hydrogen-bond donors (Lipinski definition) is 1. The van der Waals surface area contributed by atoms with Crippen molar-refractivity contribution in [2.45, 2.75) is 120 Å². The Morgan fingerprint density at radius 1 is 1.15 bits per heavy atom. The predicted octanol–water partition coefficient (Wildman–Crippen LogP) is 5.40. The number of Topliss-reactive ketones (excluding diaryl/α,β-unsaturated/α-hetero) is 1. The number of hydrogen-bond acceptors (Lipinski definition) is 7. The molecule has 1 unspecified atom stereocenters. The maximum absolute atomic E-state index is 13.2. The molecule has 3 fully saturated rings. The van der Waals surface area contributed by atoms with Gasteiger partial charge in [-0.2, -0.15) is 0 Å². The summed E-state index contributed by atoms with van der Waals surface area (Å²) in [6.45, 7) is 3.89. The molecule has 1 aromatic carbocycles. The van der Waals surface area contributed by atoms with Gasteiger partial charge in [0.2, 0.25) is 6.79 Å². The molecule has 7 nitrogen and oxygen atoms in total. The summed E-state index contributed by atoms with van der Waals surface area (Å²) in [5.74, 6) is 1.39. The van der Waals surface area contributed by atoms with E-state index in [9.17, 15) is 14.7 Å². The van der Waals surface area contributed by atoms with E-state index in [-0.39, 0.29) is 18.6 Å². The lowest BCUT2D eigenvalue weighted by Gasteiger charge is -2.62. The summed E-state index contributed by atoms with van der Waals surface area (Å²) in [6.07, 6.45) is 17.0. The number of nitrogens with zero attached hydrogens (tertiary/aromatic N) is 1. The number of carbonyl (C=O) groups excluding carboxylic acids is 2. The Morgan fingerprint density at radius 2 is 1.95 bits per heavy atom. The minimum absolute atomic E-state index is 0.0000633. The van der Waals surface area contributed by atoms with Crippen molar-refractivity contribution in [2.75, 3.05) is 19.9 Å². The second-order valence-electron chi connectivity index (χ2n) is 12.7. The summed E-state index contributed by atoms with van der Waals surface area (Å²) in [7, 11) is 0. The highest BCUT2D eigenvalue weighted by Gasteiger charge is 2.73. The van der Waals surface area contributed by atoms with Crippen molar-refractivity contribution >= 4 is 11.8 Å². The summed E-state index contributed by atoms with van der Waals surface area (Å²) >= 11 is 0. The zero-order valence-electron chi connectivity index (χ0n) is 24.0. The number of piperidine rings is 1. The first-order valence-electron chi connectivity index (χ1n) is 15.8. The van der Waals surface area contributed by atoms with E-state index in [1.54, 1.807) is 0 Å². The van der Waals surface area contributed by atoms with Gasteiger partial charge in [0.15, 0.2) is 23.4 Å². The van der Waals surface area contributed by atoms with Crippen molar-refractivity contribution in [1.82, 2.24) is 4.90 Å². The molecule has 1 spiro atoms. The van der Waals surface area contributed by atoms with Crippen molar-refractivity contribution in [1.29, 1.82) is 0 Å². The number of benzene rings is 1. The topological polar surface area (TPSA) is 85.3 Å². The molecule has 7 heteroatoms. The van der Waals surface area contributed by atoms with Gasteiger partial charge >= 0.3 is 5.97 Å². The highest BCUT2D eigenvalue weighted by molar-refractivity contribution is 5.90. The number of esters is 1. The van der Waals surface area contributed by atoms with E-state index >= 15 is 0 Å². The quantitative estimate of drug-likeness (QED) is 0.143. The molecule has 2 heterocycles. The molecule has 0 radical (unpaired) electrons. The molecule has 40 heavy (non-hydrogen) atoms. The van der Waals surface area contributed by atoms with Crippen LogP contribution < -0.4 is 9.47 Å². The summed E-state index contributed by atoms with van der Waals surface area (Å²) in [4.78, 5) is 27.9. The Morgan fingerprint density at radius 3 is 2.75 bits per heavy atom. The minimum atomic E-state index is -0.998. The fraction of sp³-hybridized carbons (Fsp3) is 0.697. The number of allylic oxidation sites excluding steroid dienone is 1. The molecule has 5 aliphatic rings. The van der Waals surface area contributed by atoms with E-state index in [0.717, 1.165) is 49.4 Å². The zero-order chi connectivity index (χ0) is 27.7. The van der Waals surface area contributed by atoms with Crippen LogP contribution in [0.5, 0.6) is 11.5 Å². The summed E-state index contributed by atoms with van der Waals surface area (Å²) < 4.78 is 17.6. The van der Waals surface area contributed by atoms with Gasteiger partial charge in [-0.25, -0.2) is 4.79 Å². The highest BCUT2D eigenvalue weighted by atomic mass is 16.7. The van der Waals surface area contributed by atoms with Crippen LogP contribution in [0.4, 0.5) is 0 Å². The van der Waals surface area contributed by atoms with Crippen molar-refractivity contribution in [3.8, 4) is 11.5 Å². The molecule has 2 saturated carbocycles. The van der Waals surface area contributed by atoms with E-state index in [0.29, 0.717) is 30.8 Å². The maximum Gasteiger partial charge on any atom is 0.333 e. The number of unbranched alkanes of at least 4 members (excludes halogenated alkanes) is 7. The lowest BCUT2D eigenvalue weighted by atomic mass is 9.49. The normalized spacial score (nSPS) is 30.3. The number of carbonyl (C=O) groups is 2. The van der Waals surface area contributed by atoms with Gasteiger partial charge < -0.3 is 19.3 Å². The number of ether oxygens (including phenoxy) is 3. The van der Waals surface area contributed by atoms with Gasteiger partial charge in [-0.1, -0.05) is 57.6 Å². The fourth-order valence-electron chi connectivity index (χ4n) is 7.96. The molecule has 0 aromatic heterocycles. The van der Waals surface area contributed by atoms with Crippen LogP contribution in [0.25, 0.3) is 0 Å². The largest absolute Gasteiger partial charge is 0.477 e. The second kappa shape index (κ2) is 11.5. The fourth-order valence-corrected chi connectivity index (χ4v) is 7.96. The van der Waals surface area contributed by atoms with Gasteiger partial charge in [-0.3, -0.25) is 9.69 Å². The number of likely N-dealkylation sites (tertiary alicyclic amines) is 1. The summed E-state index contributed by atoms with van der Waals surface area (Å²) in [5, 5.41) is 12.4. The van der Waals surface area contributed by atoms with E-state index in [4.69, 9.17) is 14.2 Å². The van der Waals surface area contributed by atoms with Gasteiger partial charge in [-0.05, 0) is 69.0 Å². The zero-order valence-corrected chi connectivity index (χ0v) is 24.0. The molecule has 2 aliphatic heterocycles. The average Bonchev–Trinajstić information content (AvgIpc) is 3.69. The summed E-state index contributed by atoms with van der Waals surface area (Å²) in [5.41, 5.74) is 0.362. The van der Waals surface area contributed by atoms with Crippen molar-refractivity contribution < 1.29 is 28.9 Å². The van der Waals surface area contributed by atoms with Gasteiger partial charge in [-0.15, -0.1) is 0 Å². The Kier molecular flexibility index (Phi) is 7.97. The smallest absolute Gasteiger partial charge is 0.333 e. The Labute approximate surface area is 238 Å². The van der Waals surface area contributed by atoms with E-state index in [2.05, 4.69) is 17.9 Å². The maximum atomic E-state index is 13.2. The van der Waals surface area contributed by atoms with Crippen LogP contribution >= 0.6 is 0 Å². The summed E-state index contributed by atoms with van der Waals surface area (Å²) in [6, 6.07) is 3.92. The van der Waals surface area contributed by atoms with Crippen LogP contribution in [-0.4, -0.2) is 59.4 Å². The van der Waals surface area contributed by atoms with Crippen molar-refractivity contribution in [2.24, 2.45) is 5.92 Å². The molecule has 218 valence electrons. The number of rotatable bonds is 14. The standard InChI is InChI=1S/C33H45NO6/c1-2-3-4-5-6-7-8-9-10-11-28(36)39-22-38-26-15-14-24-20-27-33(37)17-16-25(35)31-32(33,29(24)30(26)40-31)18-19-34(27)21-23-12-13-23/h10-11,14-15,23,27,31,37H,2-9,12-13,16-22H2,1H3/t27?,31-,32-,33+/m0/s1. The van der Waals surface area contributed by atoms with Gasteiger partial charge in [0.25, 0.3) is 0 Å². The Bertz CT molecular complexity index is 1140. The van der Waals surface area contributed by atoms with Crippen molar-refractivity contribution in [3.63, 3.8) is 0 Å². The first kappa shape index (κ1) is 27.8. The molecule has 1 aromatic rings. The van der Waals surface area contributed by atoms with E-state index in [1.165, 1.54) is 57.4 Å². The van der Waals surface area contributed by atoms with Gasteiger partial charge in [0.05, 0.1) is 11.0 Å². The molecule has 2 bridgehead atoms. The molecule has 6 rings (SSSR count).